The van der Waals surface area contributed by atoms with Gasteiger partial charge >= 0.3 is 0 Å². The lowest BCUT2D eigenvalue weighted by Gasteiger charge is -2.22. The molecule has 1 aromatic rings. The van der Waals surface area contributed by atoms with Crippen molar-refractivity contribution in [3.63, 3.8) is 0 Å². The summed E-state index contributed by atoms with van der Waals surface area (Å²) in [6, 6.07) is 8.67. The molecule has 3 rings (SSSR count). The van der Waals surface area contributed by atoms with E-state index in [2.05, 4.69) is 34.5 Å². The van der Waals surface area contributed by atoms with E-state index in [-0.39, 0.29) is 0 Å². The molecule has 3 heteroatoms. The zero-order valence-corrected chi connectivity index (χ0v) is 11.6. The number of anilines is 1. The number of hydrogen-bond donors (Lipinski definition) is 1. The Kier molecular flexibility index (Phi) is 4.23. The number of benzene rings is 1. The molecule has 0 bridgehead atoms. The van der Waals surface area contributed by atoms with Gasteiger partial charge in [-0.1, -0.05) is 0 Å². The highest BCUT2D eigenvalue weighted by atomic mass is 16.5. The Hall–Kier alpha value is -1.22. The molecule has 0 spiro atoms. The Labute approximate surface area is 115 Å². The summed E-state index contributed by atoms with van der Waals surface area (Å²) in [6.45, 7) is 4.47. The first-order valence-corrected chi connectivity index (χ1v) is 7.64. The Bertz CT molecular complexity index is 376. The number of nitrogens with one attached hydrogen (secondary N) is 1. The van der Waals surface area contributed by atoms with Crippen LogP contribution in [-0.2, 0) is 0 Å². The summed E-state index contributed by atoms with van der Waals surface area (Å²) in [5.41, 5.74) is 1.32. The first kappa shape index (κ1) is 12.8. The molecule has 3 nitrogen and oxygen atoms in total. The van der Waals surface area contributed by atoms with Crippen LogP contribution in [0.25, 0.3) is 0 Å². The first-order chi connectivity index (χ1) is 9.42. The standard InChI is InChI=1S/C16H24N2O/c1-2-5-15(4-1)19-16-8-6-14(7-9-16)18-12-3-10-17-11-13-18/h6-9,15,17H,1-5,10-13H2. The van der Waals surface area contributed by atoms with Gasteiger partial charge in [0.1, 0.15) is 5.75 Å². The fourth-order valence-electron chi connectivity index (χ4n) is 3.04. The summed E-state index contributed by atoms with van der Waals surface area (Å²) in [7, 11) is 0. The minimum atomic E-state index is 0.452. The third-order valence-corrected chi connectivity index (χ3v) is 4.15. The molecule has 1 aliphatic heterocycles. The van der Waals surface area contributed by atoms with Crippen molar-refractivity contribution in [1.29, 1.82) is 0 Å². The molecule has 19 heavy (non-hydrogen) atoms. The molecule has 1 saturated heterocycles. The minimum Gasteiger partial charge on any atom is -0.490 e. The van der Waals surface area contributed by atoms with Gasteiger partial charge in [0.2, 0.25) is 0 Å². The van der Waals surface area contributed by atoms with Crippen LogP contribution in [0.15, 0.2) is 24.3 Å². The summed E-state index contributed by atoms with van der Waals surface area (Å²) in [5.74, 6) is 1.03. The fraction of sp³-hybridized carbons (Fsp3) is 0.625. The zero-order chi connectivity index (χ0) is 12.9. The van der Waals surface area contributed by atoms with Gasteiger partial charge in [0.05, 0.1) is 6.10 Å². The molecule has 1 saturated carbocycles. The van der Waals surface area contributed by atoms with Gasteiger partial charge in [0.25, 0.3) is 0 Å². The molecule has 2 aliphatic rings. The van der Waals surface area contributed by atoms with Gasteiger partial charge in [-0.15, -0.1) is 0 Å². The molecule has 2 fully saturated rings. The second-order valence-corrected chi connectivity index (χ2v) is 5.61. The molecule has 1 N–H and O–H groups in total. The minimum absolute atomic E-state index is 0.452. The average molecular weight is 260 g/mol. The average Bonchev–Trinajstić information content (AvgIpc) is 2.80. The van der Waals surface area contributed by atoms with E-state index in [0.717, 1.165) is 31.9 Å². The second kappa shape index (κ2) is 6.29. The summed E-state index contributed by atoms with van der Waals surface area (Å²) < 4.78 is 6.01. The van der Waals surface area contributed by atoms with E-state index in [9.17, 15) is 0 Å². The summed E-state index contributed by atoms with van der Waals surface area (Å²) in [5, 5.41) is 3.44. The lowest BCUT2D eigenvalue weighted by Crippen LogP contribution is -2.27. The Morgan fingerprint density at radius 2 is 1.74 bits per heavy atom. The van der Waals surface area contributed by atoms with Crippen LogP contribution in [0, 0.1) is 0 Å². The second-order valence-electron chi connectivity index (χ2n) is 5.61. The van der Waals surface area contributed by atoms with Crippen LogP contribution < -0.4 is 15.0 Å². The Balaban J connectivity index is 1.60. The van der Waals surface area contributed by atoms with Crippen molar-refractivity contribution in [3.05, 3.63) is 24.3 Å². The predicted molar refractivity (Wildman–Crippen MR) is 79.0 cm³/mol. The van der Waals surface area contributed by atoms with E-state index in [1.165, 1.54) is 37.8 Å². The largest absolute Gasteiger partial charge is 0.490 e. The lowest BCUT2D eigenvalue weighted by molar-refractivity contribution is 0.210. The fourth-order valence-corrected chi connectivity index (χ4v) is 3.04. The van der Waals surface area contributed by atoms with Crippen molar-refractivity contribution < 1.29 is 4.74 Å². The van der Waals surface area contributed by atoms with Gasteiger partial charge in [-0.3, -0.25) is 0 Å². The Morgan fingerprint density at radius 1 is 0.947 bits per heavy atom. The molecule has 0 amide bonds. The van der Waals surface area contributed by atoms with Gasteiger partial charge in [0, 0.05) is 25.3 Å². The van der Waals surface area contributed by atoms with E-state index in [0.29, 0.717) is 6.10 Å². The van der Waals surface area contributed by atoms with Crippen molar-refractivity contribution in [2.75, 3.05) is 31.1 Å². The molecular formula is C16H24N2O. The molecule has 0 unspecified atom stereocenters. The molecule has 1 aromatic carbocycles. The highest BCUT2D eigenvalue weighted by molar-refractivity contribution is 5.49. The molecule has 0 radical (unpaired) electrons. The monoisotopic (exact) mass is 260 g/mol. The van der Waals surface area contributed by atoms with Gasteiger partial charge in [0.15, 0.2) is 0 Å². The molecule has 0 atom stereocenters. The zero-order valence-electron chi connectivity index (χ0n) is 11.6. The van der Waals surface area contributed by atoms with Crippen LogP contribution in [0.3, 0.4) is 0 Å². The maximum atomic E-state index is 6.01. The van der Waals surface area contributed by atoms with E-state index in [1.54, 1.807) is 0 Å². The number of hydrogen-bond acceptors (Lipinski definition) is 3. The van der Waals surface area contributed by atoms with Gasteiger partial charge in [-0.2, -0.15) is 0 Å². The number of nitrogens with zero attached hydrogens (tertiary/aromatic N) is 1. The van der Waals surface area contributed by atoms with Crippen LogP contribution in [0.5, 0.6) is 5.75 Å². The SMILES string of the molecule is c1cc(N2CCCNCC2)ccc1OC1CCCC1. The van der Waals surface area contributed by atoms with Crippen molar-refractivity contribution >= 4 is 5.69 Å². The van der Waals surface area contributed by atoms with Gasteiger partial charge in [-0.25, -0.2) is 0 Å². The molecular weight excluding hydrogens is 236 g/mol. The van der Waals surface area contributed by atoms with Gasteiger partial charge < -0.3 is 15.0 Å². The van der Waals surface area contributed by atoms with Crippen LogP contribution >= 0.6 is 0 Å². The van der Waals surface area contributed by atoms with E-state index in [1.807, 2.05) is 0 Å². The van der Waals surface area contributed by atoms with Crippen molar-refractivity contribution in [2.24, 2.45) is 0 Å². The normalized spacial score (nSPS) is 21.4. The quantitative estimate of drug-likeness (QED) is 0.904. The molecule has 1 aliphatic carbocycles. The third-order valence-electron chi connectivity index (χ3n) is 4.15. The van der Waals surface area contributed by atoms with Crippen molar-refractivity contribution in [1.82, 2.24) is 5.32 Å². The topological polar surface area (TPSA) is 24.5 Å². The van der Waals surface area contributed by atoms with Gasteiger partial charge in [-0.05, 0) is 62.9 Å². The summed E-state index contributed by atoms with van der Waals surface area (Å²) in [4.78, 5) is 2.46. The summed E-state index contributed by atoms with van der Waals surface area (Å²) >= 11 is 0. The third kappa shape index (κ3) is 3.41. The highest BCUT2D eigenvalue weighted by Gasteiger charge is 2.16. The summed E-state index contributed by atoms with van der Waals surface area (Å²) in [6.07, 6.45) is 6.76. The van der Waals surface area contributed by atoms with Crippen LogP contribution in [0.4, 0.5) is 5.69 Å². The van der Waals surface area contributed by atoms with E-state index < -0.39 is 0 Å². The maximum Gasteiger partial charge on any atom is 0.119 e. The van der Waals surface area contributed by atoms with E-state index in [4.69, 9.17) is 4.74 Å². The smallest absolute Gasteiger partial charge is 0.119 e. The highest BCUT2D eigenvalue weighted by Crippen LogP contribution is 2.26. The van der Waals surface area contributed by atoms with E-state index >= 15 is 0 Å². The maximum absolute atomic E-state index is 6.01. The van der Waals surface area contributed by atoms with Crippen LogP contribution in [0.2, 0.25) is 0 Å². The molecule has 1 heterocycles. The molecule has 104 valence electrons. The number of rotatable bonds is 3. The van der Waals surface area contributed by atoms with Crippen LogP contribution in [0.1, 0.15) is 32.1 Å². The Morgan fingerprint density at radius 3 is 2.53 bits per heavy atom. The predicted octanol–water partition coefficient (Wildman–Crippen LogP) is 2.81. The lowest BCUT2D eigenvalue weighted by atomic mass is 10.2. The number of ether oxygens (including phenoxy) is 1. The molecule has 0 aromatic heterocycles. The van der Waals surface area contributed by atoms with Crippen molar-refractivity contribution in [3.8, 4) is 5.75 Å². The van der Waals surface area contributed by atoms with Crippen molar-refractivity contribution in [2.45, 2.75) is 38.2 Å². The first-order valence-electron chi connectivity index (χ1n) is 7.64. The van der Waals surface area contributed by atoms with Crippen LogP contribution in [-0.4, -0.2) is 32.3 Å².